The van der Waals surface area contributed by atoms with Gasteiger partial charge in [0.15, 0.2) is 11.5 Å². The van der Waals surface area contributed by atoms with E-state index in [-0.39, 0.29) is 22.5 Å². The summed E-state index contributed by atoms with van der Waals surface area (Å²) in [4.78, 5) is 13.4. The van der Waals surface area contributed by atoms with Crippen molar-refractivity contribution in [2.75, 3.05) is 0 Å². The monoisotopic (exact) mass is 432 g/mol. The highest BCUT2D eigenvalue weighted by atomic mass is 16.5. The Bertz CT molecular complexity index is 1340. The third-order valence-electron chi connectivity index (χ3n) is 5.27. The molecule has 4 rings (SSSR count). The molecule has 1 heterocycles. The first-order valence-electron chi connectivity index (χ1n) is 10.3. The normalized spacial score (nSPS) is 11.2. The quantitative estimate of drug-likeness (QED) is 0.341. The molecule has 6 nitrogen and oxygen atoms in total. The van der Waals surface area contributed by atoms with Crippen molar-refractivity contribution in [3.8, 4) is 39.9 Å². The van der Waals surface area contributed by atoms with Gasteiger partial charge < -0.3 is 24.5 Å². The van der Waals surface area contributed by atoms with Crippen molar-refractivity contribution in [3.05, 3.63) is 76.1 Å². The Hall–Kier alpha value is -3.93. The molecule has 1 aromatic heterocycles. The van der Waals surface area contributed by atoms with Gasteiger partial charge in [0.2, 0.25) is 11.2 Å². The number of aromatic hydroxyl groups is 3. The molecule has 0 fully saturated rings. The van der Waals surface area contributed by atoms with E-state index in [4.69, 9.17) is 9.15 Å². The van der Waals surface area contributed by atoms with Crippen molar-refractivity contribution in [3.63, 3.8) is 0 Å². The van der Waals surface area contributed by atoms with Gasteiger partial charge in [0.05, 0.1) is 5.56 Å². The number of fused-ring (bicyclic) bond motifs is 1. The van der Waals surface area contributed by atoms with Gasteiger partial charge in [0, 0.05) is 5.56 Å². The Morgan fingerprint density at radius 3 is 2.12 bits per heavy atom. The molecule has 0 amide bonds. The van der Waals surface area contributed by atoms with Crippen molar-refractivity contribution < 1.29 is 24.5 Å². The highest BCUT2D eigenvalue weighted by Crippen LogP contribution is 2.45. The Balaban J connectivity index is 1.84. The molecule has 0 spiro atoms. The number of phenolic OH excluding ortho intramolecular Hbond substituents is 3. The molecule has 0 radical (unpaired) electrons. The minimum Gasteiger partial charge on any atom is -0.504 e. The number of rotatable bonds is 5. The van der Waals surface area contributed by atoms with Crippen molar-refractivity contribution in [2.24, 2.45) is 5.92 Å². The Morgan fingerprint density at radius 1 is 0.875 bits per heavy atom. The first-order chi connectivity index (χ1) is 15.3. The largest absolute Gasteiger partial charge is 0.504 e. The molecule has 3 N–H and O–H groups in total. The Morgan fingerprint density at radius 2 is 1.50 bits per heavy atom. The lowest BCUT2D eigenvalue weighted by Gasteiger charge is -2.15. The summed E-state index contributed by atoms with van der Waals surface area (Å²) in [7, 11) is 0. The van der Waals surface area contributed by atoms with Gasteiger partial charge in [-0.25, -0.2) is 0 Å². The van der Waals surface area contributed by atoms with E-state index < -0.39 is 22.7 Å². The molecule has 3 aromatic carbocycles. The molecule has 0 atom stereocenters. The minimum absolute atomic E-state index is 0.0850. The highest BCUT2D eigenvalue weighted by Gasteiger charge is 2.25. The lowest BCUT2D eigenvalue weighted by molar-refractivity contribution is 0.365. The zero-order valence-electron chi connectivity index (χ0n) is 18.0. The van der Waals surface area contributed by atoms with Crippen LogP contribution in [0, 0.1) is 12.8 Å². The topological polar surface area (TPSA) is 100 Å². The summed E-state index contributed by atoms with van der Waals surface area (Å²) >= 11 is 0. The highest BCUT2D eigenvalue weighted by molar-refractivity contribution is 5.94. The summed E-state index contributed by atoms with van der Waals surface area (Å²) in [6.07, 6.45) is 0.365. The maximum atomic E-state index is 13.4. The maximum absolute atomic E-state index is 13.4. The van der Waals surface area contributed by atoms with Crippen molar-refractivity contribution in [1.29, 1.82) is 0 Å². The average Bonchev–Trinajstić information content (AvgIpc) is 2.76. The summed E-state index contributed by atoms with van der Waals surface area (Å²) in [5.74, 6) is -0.122. The molecule has 0 saturated heterocycles. The fourth-order valence-electron chi connectivity index (χ4n) is 3.80. The average molecular weight is 432 g/mol. The van der Waals surface area contributed by atoms with Crippen LogP contribution in [-0.2, 0) is 6.42 Å². The van der Waals surface area contributed by atoms with E-state index in [9.17, 15) is 20.1 Å². The predicted molar refractivity (Wildman–Crippen MR) is 123 cm³/mol. The number of phenols is 3. The van der Waals surface area contributed by atoms with Gasteiger partial charge in [0.25, 0.3) is 0 Å². The van der Waals surface area contributed by atoms with E-state index in [2.05, 4.69) is 0 Å². The number of hydrogen-bond acceptors (Lipinski definition) is 6. The standard InChI is InChI=1S/C26H24O6/c1-14(2)13-19-22(27)25(30)24(29)21-23(28)20(15(3)31-26(19)21)16-9-11-18(12-10-16)32-17-7-5-4-6-8-17/h4-12,14,27,29-30H,13H2,1-3H3. The summed E-state index contributed by atoms with van der Waals surface area (Å²) in [6.45, 7) is 5.53. The second-order valence-corrected chi connectivity index (χ2v) is 8.13. The smallest absolute Gasteiger partial charge is 0.204 e. The second kappa shape index (κ2) is 8.30. The summed E-state index contributed by atoms with van der Waals surface area (Å²) in [5.41, 5.74) is 0.735. The number of ether oxygens (including phenoxy) is 1. The maximum Gasteiger partial charge on any atom is 0.204 e. The van der Waals surface area contributed by atoms with E-state index in [0.29, 0.717) is 34.8 Å². The van der Waals surface area contributed by atoms with E-state index in [1.54, 1.807) is 31.2 Å². The molecule has 0 aliphatic carbocycles. The summed E-state index contributed by atoms with van der Waals surface area (Å²) in [6, 6.07) is 16.3. The molecule has 32 heavy (non-hydrogen) atoms. The minimum atomic E-state index is -0.720. The summed E-state index contributed by atoms with van der Waals surface area (Å²) in [5, 5.41) is 30.9. The SMILES string of the molecule is Cc1oc2c(CC(C)C)c(O)c(O)c(O)c2c(=O)c1-c1ccc(Oc2ccccc2)cc1. The molecular formula is C26H24O6. The zero-order chi connectivity index (χ0) is 23.0. The fraction of sp³-hybridized carbons (Fsp3) is 0.192. The van der Waals surface area contributed by atoms with Gasteiger partial charge in [-0.3, -0.25) is 4.79 Å². The van der Waals surface area contributed by atoms with Crippen molar-refractivity contribution in [1.82, 2.24) is 0 Å². The van der Waals surface area contributed by atoms with Crippen LogP contribution in [0.4, 0.5) is 0 Å². The van der Waals surface area contributed by atoms with Crippen LogP contribution in [0.2, 0.25) is 0 Å². The molecule has 0 bridgehead atoms. The van der Waals surface area contributed by atoms with Crippen LogP contribution in [0.25, 0.3) is 22.1 Å². The fourth-order valence-corrected chi connectivity index (χ4v) is 3.80. The third kappa shape index (κ3) is 3.75. The molecule has 0 saturated carbocycles. The van der Waals surface area contributed by atoms with E-state index >= 15 is 0 Å². The first-order valence-corrected chi connectivity index (χ1v) is 10.3. The van der Waals surface area contributed by atoms with Gasteiger partial charge in [0.1, 0.15) is 28.2 Å². The number of para-hydroxylation sites is 1. The Kier molecular flexibility index (Phi) is 5.53. The van der Waals surface area contributed by atoms with E-state index in [1.165, 1.54) is 0 Å². The lowest BCUT2D eigenvalue weighted by atomic mass is 9.96. The van der Waals surface area contributed by atoms with E-state index in [0.717, 1.165) is 0 Å². The van der Waals surface area contributed by atoms with Crippen molar-refractivity contribution >= 4 is 11.0 Å². The second-order valence-electron chi connectivity index (χ2n) is 8.13. The first kappa shape index (κ1) is 21.3. The van der Waals surface area contributed by atoms with Gasteiger partial charge >= 0.3 is 0 Å². The van der Waals surface area contributed by atoms with Crippen LogP contribution in [0.3, 0.4) is 0 Å². The van der Waals surface area contributed by atoms with Crippen LogP contribution in [0.1, 0.15) is 25.2 Å². The van der Waals surface area contributed by atoms with Crippen molar-refractivity contribution in [2.45, 2.75) is 27.2 Å². The van der Waals surface area contributed by atoms with Gasteiger partial charge in [-0.2, -0.15) is 0 Å². The molecular weight excluding hydrogens is 408 g/mol. The zero-order valence-corrected chi connectivity index (χ0v) is 18.0. The molecule has 0 aliphatic rings. The van der Waals surface area contributed by atoms with Crippen LogP contribution in [0.5, 0.6) is 28.7 Å². The number of aryl methyl sites for hydroxylation is 1. The third-order valence-corrected chi connectivity index (χ3v) is 5.27. The van der Waals surface area contributed by atoms with Crippen LogP contribution in [0.15, 0.2) is 63.8 Å². The lowest BCUT2D eigenvalue weighted by Crippen LogP contribution is -2.10. The van der Waals surface area contributed by atoms with Crippen LogP contribution >= 0.6 is 0 Å². The number of hydrogen-bond donors (Lipinski definition) is 3. The van der Waals surface area contributed by atoms with Gasteiger partial charge in [-0.1, -0.05) is 44.2 Å². The van der Waals surface area contributed by atoms with Gasteiger partial charge in [-0.05, 0) is 49.1 Å². The molecule has 4 aromatic rings. The summed E-state index contributed by atoms with van der Waals surface area (Å²) < 4.78 is 11.7. The molecule has 0 unspecified atom stereocenters. The van der Waals surface area contributed by atoms with Crippen LogP contribution in [-0.4, -0.2) is 15.3 Å². The van der Waals surface area contributed by atoms with E-state index in [1.807, 2.05) is 44.2 Å². The van der Waals surface area contributed by atoms with Crippen LogP contribution < -0.4 is 10.2 Å². The van der Waals surface area contributed by atoms with Gasteiger partial charge in [-0.15, -0.1) is 0 Å². The number of benzene rings is 3. The predicted octanol–water partition coefficient (Wildman–Crippen LogP) is 5.88. The Labute approximate surface area is 185 Å². The molecule has 6 heteroatoms. The molecule has 0 aliphatic heterocycles. The molecule has 164 valence electrons.